The lowest BCUT2D eigenvalue weighted by Gasteiger charge is -2.15. The number of sulfonamides is 1. The Hall–Kier alpha value is -1.29. The molecular weight excluding hydrogens is 348 g/mol. The predicted octanol–water partition coefficient (Wildman–Crippen LogP) is 3.96. The van der Waals surface area contributed by atoms with Crippen molar-refractivity contribution in [3.05, 3.63) is 29.8 Å². The molecule has 0 aromatic heterocycles. The number of hydrogen-bond acceptors (Lipinski definition) is 2. The molecule has 0 radical (unpaired) electrons. The first kappa shape index (κ1) is 19.8. The van der Waals surface area contributed by atoms with Crippen molar-refractivity contribution in [2.45, 2.75) is 37.0 Å². The van der Waals surface area contributed by atoms with E-state index in [0.717, 1.165) is 19.1 Å². The van der Waals surface area contributed by atoms with Gasteiger partial charge in [-0.2, -0.15) is 26.3 Å². The van der Waals surface area contributed by atoms with Gasteiger partial charge in [-0.15, -0.1) is 0 Å². The van der Waals surface area contributed by atoms with Crippen LogP contribution in [0.2, 0.25) is 0 Å². The van der Waals surface area contributed by atoms with Crippen LogP contribution in [0.25, 0.3) is 0 Å². The van der Waals surface area contributed by atoms with Crippen molar-refractivity contribution in [2.24, 2.45) is 5.92 Å². The third kappa shape index (κ3) is 6.02. The number of benzene rings is 1. The predicted molar refractivity (Wildman–Crippen MR) is 71.1 cm³/mol. The van der Waals surface area contributed by atoms with Crippen molar-refractivity contribution in [2.75, 3.05) is 6.54 Å². The summed E-state index contributed by atoms with van der Waals surface area (Å²) in [5, 5.41) is 0. The molecule has 23 heavy (non-hydrogen) atoms. The Balaban J connectivity index is 2.60. The number of halogens is 6. The second-order valence-corrected chi connectivity index (χ2v) is 6.77. The van der Waals surface area contributed by atoms with Gasteiger partial charge in [-0.1, -0.05) is 6.92 Å². The van der Waals surface area contributed by atoms with Crippen molar-refractivity contribution < 1.29 is 34.8 Å². The summed E-state index contributed by atoms with van der Waals surface area (Å²) in [7, 11) is -4.05. The van der Waals surface area contributed by atoms with Crippen molar-refractivity contribution in [1.82, 2.24) is 4.72 Å². The van der Waals surface area contributed by atoms with Gasteiger partial charge in [-0.3, -0.25) is 0 Å². The molecule has 0 aliphatic heterocycles. The van der Waals surface area contributed by atoms with E-state index in [0.29, 0.717) is 12.1 Å². The Bertz CT molecular complexity index is 607. The third-order valence-corrected chi connectivity index (χ3v) is 4.63. The van der Waals surface area contributed by atoms with E-state index in [1.54, 1.807) is 0 Å². The zero-order valence-electron chi connectivity index (χ0n) is 12.0. The van der Waals surface area contributed by atoms with Crippen LogP contribution in [0.3, 0.4) is 0 Å². The van der Waals surface area contributed by atoms with E-state index in [-0.39, 0.29) is 24.3 Å². The van der Waals surface area contributed by atoms with Crippen LogP contribution in [-0.4, -0.2) is 21.1 Å². The Morgan fingerprint density at radius 3 is 2.00 bits per heavy atom. The lowest BCUT2D eigenvalue weighted by molar-refractivity contribution is -0.171. The molecule has 0 fully saturated rings. The quantitative estimate of drug-likeness (QED) is 0.614. The third-order valence-electron chi connectivity index (χ3n) is 3.16. The summed E-state index contributed by atoms with van der Waals surface area (Å²) in [4.78, 5) is -0.380. The minimum atomic E-state index is -4.58. The van der Waals surface area contributed by atoms with E-state index in [9.17, 15) is 34.8 Å². The lowest BCUT2D eigenvalue weighted by atomic mass is 10.1. The van der Waals surface area contributed by atoms with Crippen LogP contribution in [0.15, 0.2) is 29.2 Å². The minimum Gasteiger partial charge on any atom is -0.211 e. The molecule has 1 unspecified atom stereocenters. The summed E-state index contributed by atoms with van der Waals surface area (Å²) in [5.41, 5.74) is -0.990. The average Bonchev–Trinajstić information content (AvgIpc) is 2.41. The van der Waals surface area contributed by atoms with Gasteiger partial charge in [0.2, 0.25) is 10.0 Å². The van der Waals surface area contributed by atoms with Crippen LogP contribution >= 0.6 is 0 Å². The smallest absolute Gasteiger partial charge is 0.211 e. The molecule has 3 nitrogen and oxygen atoms in total. The normalized spacial score (nSPS) is 14.7. The highest BCUT2D eigenvalue weighted by molar-refractivity contribution is 7.89. The van der Waals surface area contributed by atoms with E-state index in [1.807, 2.05) is 0 Å². The van der Waals surface area contributed by atoms with Crippen LogP contribution in [0.1, 0.15) is 25.3 Å². The maximum atomic E-state index is 12.4. The Labute approximate surface area is 129 Å². The van der Waals surface area contributed by atoms with Crippen LogP contribution in [0.4, 0.5) is 26.3 Å². The van der Waals surface area contributed by atoms with Gasteiger partial charge in [0.15, 0.2) is 0 Å². The van der Waals surface area contributed by atoms with Gasteiger partial charge in [0.1, 0.15) is 0 Å². The van der Waals surface area contributed by atoms with Crippen LogP contribution in [0.5, 0.6) is 0 Å². The molecule has 0 bridgehead atoms. The molecule has 1 aromatic rings. The Morgan fingerprint density at radius 1 is 1.04 bits per heavy atom. The van der Waals surface area contributed by atoms with Crippen LogP contribution in [0, 0.1) is 5.92 Å². The first-order chi connectivity index (χ1) is 10.3. The van der Waals surface area contributed by atoms with Gasteiger partial charge in [0.25, 0.3) is 0 Å². The van der Waals surface area contributed by atoms with Crippen molar-refractivity contribution in [1.29, 1.82) is 0 Å². The highest BCUT2D eigenvalue weighted by Gasteiger charge is 2.35. The van der Waals surface area contributed by atoms with E-state index < -0.39 is 33.9 Å². The standard InChI is InChI=1S/C13H15F6NO2S/c1-9(12(14,15)16)3-2-8-20-23(21,22)11-6-4-10(5-7-11)13(17,18)19/h4-7,9,20H,2-3,8H2,1H3. The summed E-state index contributed by atoms with van der Waals surface area (Å²) in [5.74, 6) is -1.56. The molecular formula is C13H15F6NO2S. The number of rotatable bonds is 6. The second-order valence-electron chi connectivity index (χ2n) is 5.00. The summed E-state index contributed by atoms with van der Waals surface area (Å²) < 4.78 is 99.7. The molecule has 0 saturated heterocycles. The number of nitrogens with one attached hydrogen (secondary N) is 1. The average molecular weight is 363 g/mol. The molecule has 132 valence electrons. The maximum absolute atomic E-state index is 12.4. The number of alkyl halides is 6. The molecule has 0 spiro atoms. The maximum Gasteiger partial charge on any atom is 0.416 e. The molecule has 0 heterocycles. The van der Waals surface area contributed by atoms with Gasteiger partial charge in [-0.25, -0.2) is 13.1 Å². The molecule has 10 heteroatoms. The second kappa shape index (κ2) is 7.08. The molecule has 0 saturated carbocycles. The number of hydrogen-bond donors (Lipinski definition) is 1. The Morgan fingerprint density at radius 2 is 1.57 bits per heavy atom. The van der Waals surface area contributed by atoms with Gasteiger partial charge in [0, 0.05) is 6.54 Å². The zero-order valence-corrected chi connectivity index (χ0v) is 12.8. The summed E-state index contributed by atoms with van der Waals surface area (Å²) in [6, 6.07) is 2.84. The Kier molecular flexibility index (Phi) is 6.08. The van der Waals surface area contributed by atoms with Crippen molar-refractivity contribution in [3.63, 3.8) is 0 Å². The fourth-order valence-corrected chi connectivity index (χ4v) is 2.76. The molecule has 0 amide bonds. The van der Waals surface area contributed by atoms with E-state index in [4.69, 9.17) is 0 Å². The van der Waals surface area contributed by atoms with E-state index >= 15 is 0 Å². The van der Waals surface area contributed by atoms with Gasteiger partial charge in [0.05, 0.1) is 16.4 Å². The summed E-state index contributed by atoms with van der Waals surface area (Å²) in [6.07, 6.45) is -9.21. The minimum absolute atomic E-state index is 0.0411. The van der Waals surface area contributed by atoms with Crippen LogP contribution in [-0.2, 0) is 16.2 Å². The van der Waals surface area contributed by atoms with Crippen molar-refractivity contribution >= 4 is 10.0 Å². The molecule has 1 N–H and O–H groups in total. The van der Waals surface area contributed by atoms with Gasteiger partial charge < -0.3 is 0 Å². The lowest BCUT2D eigenvalue weighted by Crippen LogP contribution is -2.26. The first-order valence-electron chi connectivity index (χ1n) is 6.57. The highest BCUT2D eigenvalue weighted by atomic mass is 32.2. The zero-order chi connectivity index (χ0) is 17.9. The van der Waals surface area contributed by atoms with Crippen molar-refractivity contribution in [3.8, 4) is 0 Å². The van der Waals surface area contributed by atoms with Gasteiger partial charge >= 0.3 is 12.4 Å². The summed E-state index contributed by atoms with van der Waals surface area (Å²) >= 11 is 0. The fraction of sp³-hybridized carbons (Fsp3) is 0.538. The molecule has 1 atom stereocenters. The highest BCUT2D eigenvalue weighted by Crippen LogP contribution is 2.30. The van der Waals surface area contributed by atoms with Crippen LogP contribution < -0.4 is 4.72 Å². The monoisotopic (exact) mass is 363 g/mol. The van der Waals surface area contributed by atoms with E-state index in [2.05, 4.69) is 4.72 Å². The topological polar surface area (TPSA) is 46.2 Å². The van der Waals surface area contributed by atoms with Gasteiger partial charge in [-0.05, 0) is 37.1 Å². The molecule has 0 aliphatic carbocycles. The summed E-state index contributed by atoms with van der Waals surface area (Å²) in [6.45, 7) is 0.758. The molecule has 0 aliphatic rings. The molecule has 1 rings (SSSR count). The first-order valence-corrected chi connectivity index (χ1v) is 8.06. The fourth-order valence-electron chi connectivity index (χ4n) is 1.68. The SMILES string of the molecule is CC(CCCNS(=O)(=O)c1ccc(C(F)(F)F)cc1)C(F)(F)F. The molecule has 1 aromatic carbocycles. The largest absolute Gasteiger partial charge is 0.416 e. The van der Waals surface area contributed by atoms with E-state index in [1.165, 1.54) is 0 Å².